The Labute approximate surface area is 91.2 Å². The number of aromatic carboxylic acids is 1. The van der Waals surface area contributed by atoms with Gasteiger partial charge in [0, 0.05) is 6.42 Å². The first-order chi connectivity index (χ1) is 7.56. The third-order valence-electron chi connectivity index (χ3n) is 2.02. The van der Waals surface area contributed by atoms with Crippen LogP contribution in [0.3, 0.4) is 0 Å². The highest BCUT2D eigenvalue weighted by molar-refractivity contribution is 5.86. The monoisotopic (exact) mass is 228 g/mol. The third kappa shape index (κ3) is 2.80. The Bertz CT molecular complexity index is 387. The van der Waals surface area contributed by atoms with E-state index in [0.29, 0.717) is 0 Å². The molecule has 16 heavy (non-hydrogen) atoms. The molecule has 1 rings (SSSR count). The molecule has 0 saturated heterocycles. The van der Waals surface area contributed by atoms with Gasteiger partial charge >= 0.3 is 11.9 Å². The van der Waals surface area contributed by atoms with Crippen molar-refractivity contribution in [3.8, 4) is 0 Å². The van der Waals surface area contributed by atoms with E-state index in [-0.39, 0.29) is 24.3 Å². The Morgan fingerprint density at radius 2 is 2.38 bits per heavy atom. The minimum atomic E-state index is -1.21. The molecule has 1 atom stereocenters. The summed E-state index contributed by atoms with van der Waals surface area (Å²) >= 11 is 0. The van der Waals surface area contributed by atoms with Gasteiger partial charge < -0.3 is 20.0 Å². The van der Waals surface area contributed by atoms with Crippen LogP contribution in [-0.4, -0.2) is 29.1 Å². The Hall–Kier alpha value is -1.89. The molecule has 0 fully saturated rings. The van der Waals surface area contributed by atoms with Crippen LogP contribution < -0.4 is 5.73 Å². The number of esters is 1. The predicted octanol–water partition coefficient (Wildman–Crippen LogP) is 0.326. The summed E-state index contributed by atoms with van der Waals surface area (Å²) in [6, 6.07) is -0.687. The van der Waals surface area contributed by atoms with Gasteiger partial charge in [0.1, 0.15) is 0 Å². The van der Waals surface area contributed by atoms with Gasteiger partial charge in [-0.2, -0.15) is 0 Å². The van der Waals surface area contributed by atoms with Crippen LogP contribution in [0.5, 0.6) is 0 Å². The molecule has 0 aliphatic rings. The van der Waals surface area contributed by atoms with Crippen LogP contribution in [0.4, 0.5) is 0 Å². The lowest BCUT2D eigenvalue weighted by molar-refractivity contribution is -0.140. The van der Waals surface area contributed by atoms with Crippen LogP contribution in [-0.2, 0) is 9.53 Å². The second kappa shape index (κ2) is 5.26. The predicted molar refractivity (Wildman–Crippen MR) is 51.6 cm³/mol. The van der Waals surface area contributed by atoms with Gasteiger partial charge in [0.25, 0.3) is 0 Å². The summed E-state index contributed by atoms with van der Waals surface area (Å²) in [7, 11) is 1.27. The Morgan fingerprint density at radius 1 is 1.69 bits per heavy atom. The number of carbonyl (C=O) groups is 2. The van der Waals surface area contributed by atoms with Crippen LogP contribution in [0.15, 0.2) is 10.8 Å². The van der Waals surface area contributed by atoms with Crippen LogP contribution in [0.25, 0.3) is 0 Å². The van der Waals surface area contributed by atoms with Gasteiger partial charge in [0.2, 0.25) is 0 Å². The van der Waals surface area contributed by atoms with Gasteiger partial charge in [-0.3, -0.25) is 4.79 Å². The Balaban J connectivity index is 2.65. The summed E-state index contributed by atoms with van der Waals surface area (Å²) in [6.07, 6.45) is 1.34. The van der Waals surface area contributed by atoms with Gasteiger partial charge in [-0.25, -0.2) is 9.78 Å². The number of nitrogens with zero attached hydrogens (tertiary/aromatic N) is 1. The highest BCUT2D eigenvalue weighted by Gasteiger charge is 2.21. The highest BCUT2D eigenvalue weighted by Crippen LogP contribution is 2.19. The molecular weight excluding hydrogens is 216 g/mol. The zero-order chi connectivity index (χ0) is 12.1. The highest BCUT2D eigenvalue weighted by atomic mass is 16.5. The molecule has 0 spiro atoms. The number of carboxylic acids is 1. The lowest BCUT2D eigenvalue weighted by Gasteiger charge is -2.07. The molecule has 1 aromatic rings. The molecule has 0 amide bonds. The fraction of sp³-hybridized carbons (Fsp3) is 0.444. The summed E-state index contributed by atoms with van der Waals surface area (Å²) < 4.78 is 9.32. The average Bonchev–Trinajstić information content (AvgIpc) is 2.74. The van der Waals surface area contributed by atoms with E-state index in [1.165, 1.54) is 7.11 Å². The van der Waals surface area contributed by atoms with Crippen molar-refractivity contribution in [3.05, 3.63) is 17.8 Å². The molecule has 0 bridgehead atoms. The molecule has 0 aromatic carbocycles. The van der Waals surface area contributed by atoms with Gasteiger partial charge in [-0.15, -0.1) is 0 Å². The number of carboxylic acid groups (broad SMARTS) is 1. The van der Waals surface area contributed by atoms with Crippen molar-refractivity contribution in [1.82, 2.24) is 4.98 Å². The second-order valence-electron chi connectivity index (χ2n) is 3.09. The first kappa shape index (κ1) is 12.2. The first-order valence-corrected chi connectivity index (χ1v) is 4.55. The van der Waals surface area contributed by atoms with E-state index in [9.17, 15) is 9.59 Å². The first-order valence-electron chi connectivity index (χ1n) is 4.55. The van der Waals surface area contributed by atoms with Gasteiger partial charge in [0.15, 0.2) is 17.8 Å². The number of rotatable bonds is 5. The fourth-order valence-electron chi connectivity index (χ4n) is 1.19. The van der Waals surface area contributed by atoms with Gasteiger partial charge in [-0.1, -0.05) is 0 Å². The number of methoxy groups -OCH3 is 1. The maximum atomic E-state index is 10.9. The largest absolute Gasteiger partial charge is 0.476 e. The SMILES string of the molecule is COC(=O)CC[C@@H](N)c1ocnc1C(=O)O. The van der Waals surface area contributed by atoms with Crippen LogP contribution in [0, 0.1) is 0 Å². The smallest absolute Gasteiger partial charge is 0.358 e. The van der Waals surface area contributed by atoms with Crippen LogP contribution in [0.2, 0.25) is 0 Å². The lowest BCUT2D eigenvalue weighted by atomic mass is 10.1. The molecule has 7 nitrogen and oxygen atoms in total. The molecule has 7 heteroatoms. The summed E-state index contributed by atoms with van der Waals surface area (Å²) in [5.41, 5.74) is 5.45. The summed E-state index contributed by atoms with van der Waals surface area (Å²) in [4.78, 5) is 25.1. The van der Waals surface area contributed by atoms with Crippen molar-refractivity contribution >= 4 is 11.9 Å². The molecular formula is C9H12N2O5. The maximum absolute atomic E-state index is 10.9. The Morgan fingerprint density at radius 3 is 2.94 bits per heavy atom. The molecule has 1 aromatic heterocycles. The average molecular weight is 228 g/mol. The van der Waals surface area contributed by atoms with E-state index in [2.05, 4.69) is 9.72 Å². The molecule has 0 unspecified atom stereocenters. The van der Waals surface area contributed by atoms with Crippen molar-refractivity contribution in [2.75, 3.05) is 7.11 Å². The van der Waals surface area contributed by atoms with Gasteiger partial charge in [0.05, 0.1) is 13.2 Å². The number of nitrogens with two attached hydrogens (primary N) is 1. The third-order valence-corrected chi connectivity index (χ3v) is 2.02. The van der Waals surface area contributed by atoms with E-state index < -0.39 is 18.0 Å². The van der Waals surface area contributed by atoms with E-state index >= 15 is 0 Å². The zero-order valence-electron chi connectivity index (χ0n) is 8.67. The van der Waals surface area contributed by atoms with Crippen LogP contribution in [0.1, 0.15) is 35.1 Å². The number of hydrogen-bond donors (Lipinski definition) is 2. The lowest BCUT2D eigenvalue weighted by Crippen LogP contribution is -2.15. The number of ether oxygens (including phenoxy) is 1. The Kier molecular flexibility index (Phi) is 4.01. The normalized spacial score (nSPS) is 12.1. The summed E-state index contributed by atoms with van der Waals surface area (Å²) in [5.74, 6) is -1.56. The van der Waals surface area contributed by atoms with Crippen molar-refractivity contribution < 1.29 is 23.8 Å². The minimum absolute atomic E-state index is 0.0661. The van der Waals surface area contributed by atoms with Crippen molar-refractivity contribution in [2.45, 2.75) is 18.9 Å². The maximum Gasteiger partial charge on any atom is 0.358 e. The summed E-state index contributed by atoms with van der Waals surface area (Å²) in [5, 5.41) is 8.76. The summed E-state index contributed by atoms with van der Waals surface area (Å²) in [6.45, 7) is 0. The molecule has 88 valence electrons. The molecule has 1 heterocycles. The molecule has 0 saturated carbocycles. The second-order valence-corrected chi connectivity index (χ2v) is 3.09. The quantitative estimate of drug-likeness (QED) is 0.697. The van der Waals surface area contributed by atoms with Crippen LogP contribution >= 0.6 is 0 Å². The molecule has 0 radical (unpaired) electrons. The van der Waals surface area contributed by atoms with E-state index in [1.54, 1.807) is 0 Å². The zero-order valence-corrected chi connectivity index (χ0v) is 8.67. The molecule has 0 aliphatic heterocycles. The standard InChI is InChI=1S/C9H12N2O5/c1-15-6(12)3-2-5(10)8-7(9(13)14)11-4-16-8/h4-5H,2-3,10H2,1H3,(H,13,14)/t5-/m1/s1. The number of aromatic nitrogens is 1. The molecule has 3 N–H and O–H groups in total. The van der Waals surface area contributed by atoms with Crippen molar-refractivity contribution in [2.24, 2.45) is 5.73 Å². The topological polar surface area (TPSA) is 116 Å². The minimum Gasteiger partial charge on any atom is -0.476 e. The van der Waals surface area contributed by atoms with Crippen molar-refractivity contribution in [3.63, 3.8) is 0 Å². The van der Waals surface area contributed by atoms with Gasteiger partial charge in [-0.05, 0) is 6.42 Å². The van der Waals surface area contributed by atoms with E-state index in [1.807, 2.05) is 0 Å². The number of hydrogen-bond acceptors (Lipinski definition) is 6. The number of carbonyl (C=O) groups excluding carboxylic acids is 1. The van der Waals surface area contributed by atoms with Crippen molar-refractivity contribution in [1.29, 1.82) is 0 Å². The van der Waals surface area contributed by atoms with E-state index in [0.717, 1.165) is 6.39 Å². The van der Waals surface area contributed by atoms with E-state index in [4.69, 9.17) is 15.3 Å². The molecule has 0 aliphatic carbocycles. The fourth-order valence-corrected chi connectivity index (χ4v) is 1.19. The number of oxazole rings is 1.